The van der Waals surface area contributed by atoms with E-state index in [1.54, 1.807) is 14.0 Å². The maximum absolute atomic E-state index is 11.6. The first-order valence-electron chi connectivity index (χ1n) is 6.01. The molecule has 110 valence electrons. The summed E-state index contributed by atoms with van der Waals surface area (Å²) in [7, 11) is 1.57. The van der Waals surface area contributed by atoms with Crippen LogP contribution in [0.25, 0.3) is 0 Å². The second-order valence-electron chi connectivity index (χ2n) is 4.32. The van der Waals surface area contributed by atoms with Gasteiger partial charge in [-0.3, -0.25) is 14.9 Å². The van der Waals surface area contributed by atoms with Gasteiger partial charge in [0.15, 0.2) is 5.78 Å². The summed E-state index contributed by atoms with van der Waals surface area (Å²) in [5.74, 6) is -0.280. The SMILES string of the molecule is COCCC(C)Oc1c(C(C)=O)cc(Br)cc1[N+](=O)[O-]. The first kappa shape index (κ1) is 16.6. The summed E-state index contributed by atoms with van der Waals surface area (Å²) in [6.07, 6.45) is 0.272. The van der Waals surface area contributed by atoms with Gasteiger partial charge >= 0.3 is 5.69 Å². The number of hydrogen-bond acceptors (Lipinski definition) is 5. The zero-order valence-electron chi connectivity index (χ0n) is 11.5. The molecule has 1 rings (SSSR count). The van der Waals surface area contributed by atoms with Gasteiger partial charge in [0.1, 0.15) is 0 Å². The third-order valence-electron chi connectivity index (χ3n) is 2.66. The normalized spacial score (nSPS) is 12.0. The standard InChI is InChI=1S/C13H16BrNO5/c1-8(4-5-19-3)20-13-11(9(2)16)6-10(14)7-12(13)15(17)18/h6-8H,4-5H2,1-3H3. The largest absolute Gasteiger partial charge is 0.483 e. The van der Waals surface area contributed by atoms with E-state index in [0.29, 0.717) is 17.5 Å². The molecule has 0 bridgehead atoms. The summed E-state index contributed by atoms with van der Waals surface area (Å²) < 4.78 is 11.0. The Bertz CT molecular complexity index is 482. The van der Waals surface area contributed by atoms with Crippen molar-refractivity contribution in [2.24, 2.45) is 0 Å². The molecule has 0 aliphatic heterocycles. The van der Waals surface area contributed by atoms with E-state index in [4.69, 9.17) is 9.47 Å². The smallest absolute Gasteiger partial charge is 0.312 e. The van der Waals surface area contributed by atoms with Crippen LogP contribution in [-0.2, 0) is 4.74 Å². The molecule has 7 heteroatoms. The predicted octanol–water partition coefficient (Wildman–Crippen LogP) is 3.36. The van der Waals surface area contributed by atoms with Crippen LogP contribution in [0.1, 0.15) is 30.6 Å². The molecule has 1 aromatic rings. The Hall–Kier alpha value is -1.47. The zero-order valence-corrected chi connectivity index (χ0v) is 13.1. The average Bonchev–Trinajstić information content (AvgIpc) is 2.37. The number of ketones is 1. The summed E-state index contributed by atoms with van der Waals surface area (Å²) in [6, 6.07) is 2.85. The number of rotatable bonds is 7. The summed E-state index contributed by atoms with van der Waals surface area (Å²) in [6.45, 7) is 3.59. The highest BCUT2D eigenvalue weighted by Gasteiger charge is 2.24. The Balaban J connectivity index is 3.19. The van der Waals surface area contributed by atoms with E-state index in [1.165, 1.54) is 19.1 Å². The van der Waals surface area contributed by atoms with Crippen molar-refractivity contribution < 1.29 is 19.2 Å². The highest BCUT2D eigenvalue weighted by Crippen LogP contribution is 2.35. The number of hydrogen-bond donors (Lipinski definition) is 0. The molecule has 0 heterocycles. The Kier molecular flexibility index (Phi) is 6.09. The van der Waals surface area contributed by atoms with Crippen molar-refractivity contribution in [3.05, 3.63) is 32.3 Å². The summed E-state index contributed by atoms with van der Waals surface area (Å²) in [4.78, 5) is 22.2. The maximum atomic E-state index is 11.6. The lowest BCUT2D eigenvalue weighted by Crippen LogP contribution is -2.17. The van der Waals surface area contributed by atoms with Crippen molar-refractivity contribution >= 4 is 27.4 Å². The van der Waals surface area contributed by atoms with E-state index in [1.807, 2.05) is 0 Å². The molecule has 1 atom stereocenters. The van der Waals surface area contributed by atoms with Crippen LogP contribution >= 0.6 is 15.9 Å². The molecular weight excluding hydrogens is 330 g/mol. The van der Waals surface area contributed by atoms with Gasteiger partial charge in [-0.1, -0.05) is 15.9 Å². The van der Waals surface area contributed by atoms with E-state index < -0.39 is 4.92 Å². The van der Waals surface area contributed by atoms with Crippen LogP contribution in [-0.4, -0.2) is 30.5 Å². The minimum absolute atomic E-state index is 0.00861. The number of benzene rings is 1. The molecule has 0 aliphatic rings. The highest BCUT2D eigenvalue weighted by molar-refractivity contribution is 9.10. The highest BCUT2D eigenvalue weighted by atomic mass is 79.9. The number of nitro groups is 1. The fourth-order valence-electron chi connectivity index (χ4n) is 1.64. The van der Waals surface area contributed by atoms with Gasteiger partial charge in [0.25, 0.3) is 0 Å². The molecule has 1 unspecified atom stereocenters. The second kappa shape index (κ2) is 7.35. The van der Waals surface area contributed by atoms with Gasteiger partial charge in [-0.15, -0.1) is 0 Å². The van der Waals surface area contributed by atoms with Crippen molar-refractivity contribution in [2.75, 3.05) is 13.7 Å². The molecule has 0 amide bonds. The number of nitrogens with zero attached hydrogens (tertiary/aromatic N) is 1. The van der Waals surface area contributed by atoms with Gasteiger partial charge in [0, 0.05) is 30.7 Å². The lowest BCUT2D eigenvalue weighted by atomic mass is 10.1. The van der Waals surface area contributed by atoms with E-state index in [9.17, 15) is 14.9 Å². The van der Waals surface area contributed by atoms with Crippen LogP contribution in [0.2, 0.25) is 0 Å². The van der Waals surface area contributed by atoms with Crippen LogP contribution in [0.4, 0.5) is 5.69 Å². The summed E-state index contributed by atoms with van der Waals surface area (Å²) in [5.41, 5.74) is -0.0378. The van der Waals surface area contributed by atoms with E-state index in [0.717, 1.165) is 0 Å². The van der Waals surface area contributed by atoms with Crippen LogP contribution in [0.15, 0.2) is 16.6 Å². The molecule has 0 saturated carbocycles. The van der Waals surface area contributed by atoms with Gasteiger partial charge in [-0.05, 0) is 19.9 Å². The fraction of sp³-hybridized carbons (Fsp3) is 0.462. The van der Waals surface area contributed by atoms with Crippen molar-refractivity contribution in [3.63, 3.8) is 0 Å². The molecule has 6 nitrogen and oxygen atoms in total. The topological polar surface area (TPSA) is 78.7 Å². The van der Waals surface area contributed by atoms with Gasteiger partial charge in [0.2, 0.25) is 5.75 Å². The Morgan fingerprint density at radius 1 is 1.50 bits per heavy atom. The molecule has 0 N–H and O–H groups in total. The molecule has 0 aliphatic carbocycles. The van der Waals surface area contributed by atoms with Gasteiger partial charge in [-0.25, -0.2) is 0 Å². The summed E-state index contributed by atoms with van der Waals surface area (Å²) in [5, 5.41) is 11.1. The third kappa shape index (κ3) is 4.28. The summed E-state index contributed by atoms with van der Waals surface area (Å²) >= 11 is 3.16. The molecule has 0 radical (unpaired) electrons. The van der Waals surface area contributed by atoms with Crippen molar-refractivity contribution in [1.82, 2.24) is 0 Å². The van der Waals surface area contributed by atoms with Gasteiger partial charge in [-0.2, -0.15) is 0 Å². The zero-order chi connectivity index (χ0) is 15.3. The Morgan fingerprint density at radius 3 is 2.65 bits per heavy atom. The number of carbonyl (C=O) groups is 1. The molecular formula is C13H16BrNO5. The minimum atomic E-state index is -0.560. The van der Waals surface area contributed by atoms with E-state index >= 15 is 0 Å². The van der Waals surface area contributed by atoms with Gasteiger partial charge < -0.3 is 9.47 Å². The average molecular weight is 346 g/mol. The number of Topliss-reactive ketones (excluding diaryl/α,β-unsaturated/α-hetero) is 1. The van der Waals surface area contributed by atoms with E-state index in [2.05, 4.69) is 15.9 Å². The molecule has 1 aromatic carbocycles. The van der Waals surface area contributed by atoms with Gasteiger partial charge in [0.05, 0.1) is 16.6 Å². The number of carbonyl (C=O) groups excluding carboxylic acids is 1. The Morgan fingerprint density at radius 2 is 2.15 bits per heavy atom. The Labute approximate surface area is 125 Å². The number of halogens is 1. The van der Waals surface area contributed by atoms with Crippen molar-refractivity contribution in [2.45, 2.75) is 26.4 Å². The first-order chi connectivity index (χ1) is 9.36. The van der Waals surface area contributed by atoms with Crippen LogP contribution < -0.4 is 4.74 Å². The lowest BCUT2D eigenvalue weighted by molar-refractivity contribution is -0.386. The van der Waals surface area contributed by atoms with Crippen LogP contribution in [0.3, 0.4) is 0 Å². The van der Waals surface area contributed by atoms with Crippen LogP contribution in [0, 0.1) is 10.1 Å². The maximum Gasteiger partial charge on any atom is 0.312 e. The quantitative estimate of drug-likeness (QED) is 0.430. The molecule has 0 aromatic heterocycles. The molecule has 0 spiro atoms. The van der Waals surface area contributed by atoms with Crippen molar-refractivity contribution in [1.29, 1.82) is 0 Å². The second-order valence-corrected chi connectivity index (χ2v) is 5.24. The number of methoxy groups -OCH3 is 1. The minimum Gasteiger partial charge on any atom is -0.483 e. The first-order valence-corrected chi connectivity index (χ1v) is 6.80. The lowest BCUT2D eigenvalue weighted by Gasteiger charge is -2.16. The predicted molar refractivity (Wildman–Crippen MR) is 77.4 cm³/mol. The number of ether oxygens (including phenoxy) is 2. The third-order valence-corrected chi connectivity index (χ3v) is 3.12. The monoisotopic (exact) mass is 345 g/mol. The molecule has 0 saturated heterocycles. The molecule has 0 fully saturated rings. The van der Waals surface area contributed by atoms with E-state index in [-0.39, 0.29) is 28.9 Å². The fourth-order valence-corrected chi connectivity index (χ4v) is 2.09. The van der Waals surface area contributed by atoms with Crippen molar-refractivity contribution in [3.8, 4) is 5.75 Å². The number of nitro benzene ring substituents is 1. The van der Waals surface area contributed by atoms with Crippen LogP contribution in [0.5, 0.6) is 5.75 Å². The molecule has 20 heavy (non-hydrogen) atoms.